The Balaban J connectivity index is 2.01. The number of hydrogen-bond donors (Lipinski definition) is 1. The Kier molecular flexibility index (Phi) is 7.52. The molecule has 1 aromatic carbocycles. The average molecular weight is 443 g/mol. The molecule has 1 aliphatic carbocycles. The Morgan fingerprint density at radius 2 is 1.88 bits per heavy atom. The van der Waals surface area contributed by atoms with E-state index in [9.17, 15) is 9.59 Å². The maximum atomic E-state index is 12.6. The fourth-order valence-corrected chi connectivity index (χ4v) is 3.88. The molecule has 1 amide bonds. The summed E-state index contributed by atoms with van der Waals surface area (Å²) in [5.74, 6) is -0.241. The van der Waals surface area contributed by atoms with Crippen LogP contribution in [0.25, 0.3) is 0 Å². The van der Waals surface area contributed by atoms with Gasteiger partial charge in [-0.1, -0.05) is 61.1 Å². The number of halogens is 1. The predicted octanol–water partition coefficient (Wildman–Crippen LogP) is 4.12. The van der Waals surface area contributed by atoms with Gasteiger partial charge in [-0.05, 0) is 43.7 Å². The maximum absolute atomic E-state index is 12.6. The van der Waals surface area contributed by atoms with Gasteiger partial charge in [0.1, 0.15) is 12.1 Å². The molecule has 1 aromatic rings. The highest BCUT2D eigenvalue weighted by molar-refractivity contribution is 14.1. The molecule has 0 unspecified atom stereocenters. The smallest absolute Gasteiger partial charge is 0.328 e. The molecule has 0 bridgehead atoms. The molecule has 132 valence electrons. The number of hydrogen-bond acceptors (Lipinski definition) is 3. The molecular weight excluding hydrogens is 417 g/mol. The zero-order valence-electron chi connectivity index (χ0n) is 14.3. The van der Waals surface area contributed by atoms with E-state index in [1.807, 2.05) is 32.0 Å². The number of benzene rings is 1. The molecule has 3 atom stereocenters. The van der Waals surface area contributed by atoms with Crippen LogP contribution in [0.2, 0.25) is 0 Å². The van der Waals surface area contributed by atoms with Gasteiger partial charge >= 0.3 is 5.97 Å². The average Bonchev–Trinajstić information content (AvgIpc) is 2.56. The van der Waals surface area contributed by atoms with Gasteiger partial charge in [0.25, 0.3) is 5.91 Å². The Hall–Kier alpha value is -1.11. The van der Waals surface area contributed by atoms with Crippen LogP contribution in [0.4, 0.5) is 0 Å². The van der Waals surface area contributed by atoms with Crippen LogP contribution >= 0.6 is 22.6 Å². The zero-order chi connectivity index (χ0) is 17.5. The lowest BCUT2D eigenvalue weighted by Gasteiger charge is -2.29. The molecular formula is C19H26INO3. The summed E-state index contributed by atoms with van der Waals surface area (Å²) in [6.07, 6.45) is 4.85. The number of alkyl halides is 1. The second kappa shape index (κ2) is 9.39. The van der Waals surface area contributed by atoms with Gasteiger partial charge in [-0.15, -0.1) is 0 Å². The first-order chi connectivity index (χ1) is 11.5. The molecule has 2 rings (SSSR count). The van der Waals surface area contributed by atoms with Crippen LogP contribution in [0.3, 0.4) is 0 Å². The van der Waals surface area contributed by atoms with Gasteiger partial charge in [0, 0.05) is 9.49 Å². The lowest BCUT2D eigenvalue weighted by molar-refractivity contribution is -0.152. The fourth-order valence-electron chi connectivity index (χ4n) is 2.93. The van der Waals surface area contributed by atoms with Crippen LogP contribution in [0, 0.1) is 5.92 Å². The predicted molar refractivity (Wildman–Crippen MR) is 103 cm³/mol. The first kappa shape index (κ1) is 19.2. The van der Waals surface area contributed by atoms with Gasteiger partial charge in [0.05, 0.1) is 0 Å². The Labute approximate surface area is 157 Å². The van der Waals surface area contributed by atoms with Crippen LogP contribution in [-0.4, -0.2) is 27.9 Å². The van der Waals surface area contributed by atoms with Gasteiger partial charge < -0.3 is 10.1 Å². The third-order valence-corrected chi connectivity index (χ3v) is 5.65. The van der Waals surface area contributed by atoms with Crippen molar-refractivity contribution in [3.8, 4) is 0 Å². The van der Waals surface area contributed by atoms with Crippen molar-refractivity contribution in [1.29, 1.82) is 0 Å². The van der Waals surface area contributed by atoms with Gasteiger partial charge in [-0.25, -0.2) is 4.79 Å². The summed E-state index contributed by atoms with van der Waals surface area (Å²) >= 11 is 2.37. The van der Waals surface area contributed by atoms with Crippen LogP contribution in [0.5, 0.6) is 0 Å². The highest BCUT2D eigenvalue weighted by Gasteiger charge is 2.30. The second-order valence-corrected chi connectivity index (χ2v) is 8.40. The number of nitrogens with one attached hydrogen (secondary N) is 1. The lowest BCUT2D eigenvalue weighted by Crippen LogP contribution is -2.45. The summed E-state index contributed by atoms with van der Waals surface area (Å²) < 4.78 is 6.11. The summed E-state index contributed by atoms with van der Waals surface area (Å²) in [6.45, 7) is 4.08. The molecule has 24 heavy (non-hydrogen) atoms. The molecule has 1 fully saturated rings. The Bertz CT molecular complexity index is 547. The molecule has 1 aliphatic rings. The van der Waals surface area contributed by atoms with Crippen molar-refractivity contribution in [3.63, 3.8) is 0 Å². The van der Waals surface area contributed by atoms with E-state index in [1.54, 1.807) is 12.1 Å². The standard InChI is InChI=1S/C19H26INO3/c1-13(2)12-16(21-18(22)14-8-4-3-5-9-14)19(23)24-17-11-7-6-10-15(17)20/h3-5,8-9,13,15-17H,6-7,10-12H2,1-2H3,(H,21,22)/t15-,16+,17-/m1/s1. The number of rotatable bonds is 6. The van der Waals surface area contributed by atoms with Gasteiger partial charge in [0.2, 0.25) is 0 Å². The van der Waals surface area contributed by atoms with Crippen LogP contribution in [0.1, 0.15) is 56.3 Å². The summed E-state index contributed by atoms with van der Waals surface area (Å²) in [7, 11) is 0. The Morgan fingerprint density at radius 1 is 1.21 bits per heavy atom. The fraction of sp³-hybridized carbons (Fsp3) is 0.579. The molecule has 5 heteroatoms. The third-order valence-electron chi connectivity index (χ3n) is 4.22. The van der Waals surface area contributed by atoms with E-state index in [1.165, 1.54) is 6.42 Å². The van der Waals surface area contributed by atoms with Crippen molar-refractivity contribution in [2.45, 2.75) is 62.0 Å². The van der Waals surface area contributed by atoms with Gasteiger partial charge in [0.15, 0.2) is 0 Å². The number of amides is 1. The molecule has 0 aliphatic heterocycles. The van der Waals surface area contributed by atoms with Crippen LogP contribution in [-0.2, 0) is 9.53 Å². The molecule has 1 N–H and O–H groups in total. The minimum atomic E-state index is -0.594. The largest absolute Gasteiger partial charge is 0.460 e. The number of carbonyl (C=O) groups is 2. The molecule has 4 nitrogen and oxygen atoms in total. The highest BCUT2D eigenvalue weighted by Crippen LogP contribution is 2.27. The lowest BCUT2D eigenvalue weighted by atomic mass is 9.97. The third kappa shape index (κ3) is 5.76. The first-order valence-electron chi connectivity index (χ1n) is 8.68. The van der Waals surface area contributed by atoms with Crippen molar-refractivity contribution >= 4 is 34.5 Å². The van der Waals surface area contributed by atoms with Crippen molar-refractivity contribution in [1.82, 2.24) is 5.32 Å². The van der Waals surface area contributed by atoms with E-state index in [2.05, 4.69) is 27.9 Å². The zero-order valence-corrected chi connectivity index (χ0v) is 16.5. The first-order valence-corrected chi connectivity index (χ1v) is 9.92. The van der Waals surface area contributed by atoms with Crippen molar-refractivity contribution in [2.75, 3.05) is 0 Å². The SMILES string of the molecule is CC(C)C[C@H](NC(=O)c1ccccc1)C(=O)O[C@@H]1CCCC[C@H]1I. The van der Waals surface area contributed by atoms with Crippen LogP contribution < -0.4 is 5.32 Å². The molecule has 1 saturated carbocycles. The van der Waals surface area contributed by atoms with E-state index < -0.39 is 6.04 Å². The molecule has 0 saturated heterocycles. The molecule has 0 radical (unpaired) electrons. The van der Waals surface area contributed by atoms with Crippen molar-refractivity contribution in [3.05, 3.63) is 35.9 Å². The molecule has 0 spiro atoms. The van der Waals surface area contributed by atoms with E-state index in [-0.39, 0.29) is 18.0 Å². The summed E-state index contributed by atoms with van der Waals surface area (Å²) in [5.41, 5.74) is 0.559. The summed E-state index contributed by atoms with van der Waals surface area (Å²) in [5, 5.41) is 2.85. The molecule has 0 aromatic heterocycles. The summed E-state index contributed by atoms with van der Waals surface area (Å²) in [4.78, 5) is 25.0. The highest BCUT2D eigenvalue weighted by atomic mass is 127. The minimum Gasteiger partial charge on any atom is -0.460 e. The Morgan fingerprint density at radius 3 is 2.50 bits per heavy atom. The van der Waals surface area contributed by atoms with E-state index >= 15 is 0 Å². The van der Waals surface area contributed by atoms with E-state index in [4.69, 9.17) is 4.74 Å². The minimum absolute atomic E-state index is 0.0323. The van der Waals surface area contributed by atoms with E-state index in [0.29, 0.717) is 21.8 Å². The van der Waals surface area contributed by atoms with Crippen LogP contribution in [0.15, 0.2) is 30.3 Å². The molecule has 0 heterocycles. The van der Waals surface area contributed by atoms with Gasteiger partial charge in [-0.2, -0.15) is 0 Å². The monoisotopic (exact) mass is 443 g/mol. The normalized spacial score (nSPS) is 22.0. The number of carbonyl (C=O) groups excluding carboxylic acids is 2. The second-order valence-electron chi connectivity index (χ2n) is 6.80. The van der Waals surface area contributed by atoms with Crippen molar-refractivity contribution in [2.24, 2.45) is 5.92 Å². The van der Waals surface area contributed by atoms with E-state index in [0.717, 1.165) is 19.3 Å². The summed E-state index contributed by atoms with van der Waals surface area (Å²) in [6, 6.07) is 8.38. The quantitative estimate of drug-likeness (QED) is 0.409. The maximum Gasteiger partial charge on any atom is 0.328 e. The van der Waals surface area contributed by atoms with Gasteiger partial charge in [-0.3, -0.25) is 4.79 Å². The topological polar surface area (TPSA) is 55.4 Å². The number of esters is 1. The number of ether oxygens (including phenoxy) is 1. The van der Waals surface area contributed by atoms with Crippen molar-refractivity contribution < 1.29 is 14.3 Å².